The van der Waals surface area contributed by atoms with Gasteiger partial charge in [-0.3, -0.25) is 4.79 Å². The molecule has 1 heterocycles. The summed E-state index contributed by atoms with van der Waals surface area (Å²) in [5.74, 6) is -0.0348. The van der Waals surface area contributed by atoms with E-state index in [1.54, 1.807) is 5.57 Å². The van der Waals surface area contributed by atoms with Crippen LogP contribution in [0.1, 0.15) is 44.9 Å². The minimum Gasteiger partial charge on any atom is -0.385 e. The zero-order valence-electron chi connectivity index (χ0n) is 13.6. The van der Waals surface area contributed by atoms with Crippen LogP contribution < -0.4 is 10.6 Å². The zero-order valence-corrected chi connectivity index (χ0v) is 13.6. The Kier molecular flexibility index (Phi) is 5.70. The van der Waals surface area contributed by atoms with Gasteiger partial charge < -0.3 is 15.4 Å². The van der Waals surface area contributed by atoms with Crippen molar-refractivity contribution in [2.75, 3.05) is 23.8 Å². The molecule has 1 aromatic carbocycles. The van der Waals surface area contributed by atoms with Gasteiger partial charge in [-0.25, -0.2) is 0 Å². The van der Waals surface area contributed by atoms with E-state index in [0.717, 1.165) is 37.2 Å². The molecule has 0 radical (unpaired) electrons. The van der Waals surface area contributed by atoms with Gasteiger partial charge in [0.2, 0.25) is 0 Å². The van der Waals surface area contributed by atoms with Crippen molar-refractivity contribution in [1.82, 2.24) is 0 Å². The van der Waals surface area contributed by atoms with Crippen molar-refractivity contribution in [3.63, 3.8) is 0 Å². The van der Waals surface area contributed by atoms with Crippen LogP contribution in [0.2, 0.25) is 0 Å². The quantitative estimate of drug-likeness (QED) is 0.777. The second-order valence-corrected chi connectivity index (χ2v) is 6.35. The summed E-state index contributed by atoms with van der Waals surface area (Å²) < 4.78 is 5.39. The minimum atomic E-state index is -0.281. The summed E-state index contributed by atoms with van der Waals surface area (Å²) >= 11 is 0. The summed E-state index contributed by atoms with van der Waals surface area (Å²) in [4.78, 5) is 12.0. The van der Waals surface area contributed by atoms with Gasteiger partial charge in [-0.05, 0) is 69.2 Å². The highest BCUT2D eigenvalue weighted by atomic mass is 16.5. The molecule has 1 aliphatic carbocycles. The molecule has 2 N–H and O–H groups in total. The van der Waals surface area contributed by atoms with Gasteiger partial charge in [0, 0.05) is 24.5 Å². The lowest BCUT2D eigenvalue weighted by molar-refractivity contribution is -0.124. The summed E-state index contributed by atoms with van der Waals surface area (Å²) in [5, 5.41) is 6.37. The van der Waals surface area contributed by atoms with E-state index in [1.807, 2.05) is 24.3 Å². The van der Waals surface area contributed by atoms with Crippen molar-refractivity contribution in [2.24, 2.45) is 0 Å². The van der Waals surface area contributed by atoms with Crippen LogP contribution in [-0.2, 0) is 9.53 Å². The highest BCUT2D eigenvalue weighted by molar-refractivity contribution is 5.94. The van der Waals surface area contributed by atoms with Gasteiger partial charge in [-0.1, -0.05) is 11.6 Å². The van der Waals surface area contributed by atoms with Gasteiger partial charge in [-0.15, -0.1) is 0 Å². The number of amides is 1. The number of allylic oxidation sites excluding steroid dienone is 1. The van der Waals surface area contributed by atoms with Crippen molar-refractivity contribution >= 4 is 17.3 Å². The first-order chi connectivity index (χ1) is 11.3. The van der Waals surface area contributed by atoms with Crippen LogP contribution in [-0.4, -0.2) is 25.2 Å². The van der Waals surface area contributed by atoms with Crippen LogP contribution in [0.15, 0.2) is 35.9 Å². The number of carbonyl (C=O) groups is 1. The maximum atomic E-state index is 12.0. The molecule has 1 aliphatic heterocycles. The summed E-state index contributed by atoms with van der Waals surface area (Å²) in [6, 6.07) is 7.91. The average molecular weight is 314 g/mol. The molecule has 124 valence electrons. The number of anilines is 2. The summed E-state index contributed by atoms with van der Waals surface area (Å²) in [6.45, 7) is 1.66. The van der Waals surface area contributed by atoms with Crippen LogP contribution in [0, 0.1) is 0 Å². The van der Waals surface area contributed by atoms with E-state index in [2.05, 4.69) is 16.7 Å². The first-order valence-electron chi connectivity index (χ1n) is 8.75. The van der Waals surface area contributed by atoms with Crippen molar-refractivity contribution in [3.8, 4) is 0 Å². The number of hydrogen-bond acceptors (Lipinski definition) is 3. The molecular formula is C19H26N2O2. The Morgan fingerprint density at radius 1 is 1.13 bits per heavy atom. The molecule has 1 amide bonds. The maximum Gasteiger partial charge on any atom is 0.253 e. The maximum absolute atomic E-state index is 12.0. The number of rotatable bonds is 6. The molecule has 1 aromatic rings. The SMILES string of the molecule is O=C(Nc1ccc(NCCC2=CCCCC2)cc1)C1CCCO1. The van der Waals surface area contributed by atoms with E-state index in [9.17, 15) is 4.79 Å². The average Bonchev–Trinajstić information content (AvgIpc) is 3.12. The van der Waals surface area contributed by atoms with Gasteiger partial charge in [0.05, 0.1) is 0 Å². The van der Waals surface area contributed by atoms with Gasteiger partial charge in [-0.2, -0.15) is 0 Å². The van der Waals surface area contributed by atoms with Crippen molar-refractivity contribution in [1.29, 1.82) is 0 Å². The predicted molar refractivity (Wildman–Crippen MR) is 93.7 cm³/mol. The topological polar surface area (TPSA) is 50.4 Å². The minimum absolute atomic E-state index is 0.0348. The summed E-state index contributed by atoms with van der Waals surface area (Å²) in [5.41, 5.74) is 3.51. The van der Waals surface area contributed by atoms with Crippen LogP contribution >= 0.6 is 0 Å². The zero-order chi connectivity index (χ0) is 15.9. The molecule has 4 heteroatoms. The summed E-state index contributed by atoms with van der Waals surface area (Å²) in [7, 11) is 0. The fourth-order valence-corrected chi connectivity index (χ4v) is 3.18. The van der Waals surface area contributed by atoms with E-state index in [1.165, 1.54) is 25.7 Å². The monoisotopic (exact) mass is 314 g/mol. The van der Waals surface area contributed by atoms with E-state index >= 15 is 0 Å². The molecule has 3 rings (SSSR count). The summed E-state index contributed by atoms with van der Waals surface area (Å²) in [6.07, 6.45) is 10.2. The Bertz CT molecular complexity index is 545. The molecule has 1 atom stereocenters. The number of hydrogen-bond donors (Lipinski definition) is 2. The van der Waals surface area contributed by atoms with E-state index < -0.39 is 0 Å². The van der Waals surface area contributed by atoms with Crippen molar-refractivity contribution < 1.29 is 9.53 Å². The number of carbonyl (C=O) groups excluding carboxylic acids is 1. The molecule has 0 aromatic heterocycles. The standard InChI is InChI=1S/C19H26N2O2/c22-19(18-7-4-14-23-18)21-17-10-8-16(9-11-17)20-13-12-15-5-2-1-3-6-15/h5,8-11,18,20H,1-4,6-7,12-14H2,(H,21,22). The smallest absolute Gasteiger partial charge is 0.253 e. The first-order valence-corrected chi connectivity index (χ1v) is 8.75. The normalized spacial score (nSPS) is 20.9. The molecule has 4 nitrogen and oxygen atoms in total. The fourth-order valence-electron chi connectivity index (χ4n) is 3.18. The number of benzene rings is 1. The van der Waals surface area contributed by atoms with Crippen LogP contribution in [0.25, 0.3) is 0 Å². The van der Waals surface area contributed by atoms with Crippen LogP contribution in [0.5, 0.6) is 0 Å². The Morgan fingerprint density at radius 2 is 1.96 bits per heavy atom. The third-order valence-electron chi connectivity index (χ3n) is 4.53. The molecule has 2 aliphatic rings. The largest absolute Gasteiger partial charge is 0.385 e. The molecular weight excluding hydrogens is 288 g/mol. The lowest BCUT2D eigenvalue weighted by atomic mass is 9.97. The molecule has 23 heavy (non-hydrogen) atoms. The van der Waals surface area contributed by atoms with Crippen molar-refractivity contribution in [3.05, 3.63) is 35.9 Å². The number of ether oxygens (including phenoxy) is 1. The van der Waals surface area contributed by atoms with E-state index in [-0.39, 0.29) is 12.0 Å². The van der Waals surface area contributed by atoms with Crippen LogP contribution in [0.3, 0.4) is 0 Å². The Hall–Kier alpha value is -1.81. The van der Waals surface area contributed by atoms with Gasteiger partial charge in [0.25, 0.3) is 5.91 Å². The highest BCUT2D eigenvalue weighted by Gasteiger charge is 2.23. The molecule has 0 saturated carbocycles. The van der Waals surface area contributed by atoms with Crippen LogP contribution in [0.4, 0.5) is 11.4 Å². The van der Waals surface area contributed by atoms with E-state index in [4.69, 9.17) is 4.74 Å². The fraction of sp³-hybridized carbons (Fsp3) is 0.526. The van der Waals surface area contributed by atoms with Crippen molar-refractivity contribution in [2.45, 2.75) is 51.0 Å². The second kappa shape index (κ2) is 8.16. The van der Waals surface area contributed by atoms with Gasteiger partial charge in [0.15, 0.2) is 0 Å². The third-order valence-corrected chi connectivity index (χ3v) is 4.53. The molecule has 1 fully saturated rings. The predicted octanol–water partition coefficient (Wildman–Crippen LogP) is 4.11. The second-order valence-electron chi connectivity index (χ2n) is 6.35. The van der Waals surface area contributed by atoms with E-state index in [0.29, 0.717) is 6.61 Å². The third kappa shape index (κ3) is 4.83. The first kappa shape index (κ1) is 16.1. The Labute approximate surface area is 138 Å². The molecule has 0 spiro atoms. The molecule has 0 bridgehead atoms. The van der Waals surface area contributed by atoms with Gasteiger partial charge in [0.1, 0.15) is 6.10 Å². The Morgan fingerprint density at radius 3 is 2.65 bits per heavy atom. The molecule has 1 saturated heterocycles. The lowest BCUT2D eigenvalue weighted by Gasteiger charge is -2.14. The lowest BCUT2D eigenvalue weighted by Crippen LogP contribution is -2.26. The highest BCUT2D eigenvalue weighted by Crippen LogP contribution is 2.21. The van der Waals surface area contributed by atoms with Gasteiger partial charge >= 0.3 is 0 Å². The Balaban J connectivity index is 1.43. The number of nitrogens with one attached hydrogen (secondary N) is 2. The molecule has 1 unspecified atom stereocenters.